The fourth-order valence-electron chi connectivity index (χ4n) is 6.29. The van der Waals surface area contributed by atoms with E-state index >= 15 is 0 Å². The van der Waals surface area contributed by atoms with Crippen molar-refractivity contribution in [1.29, 1.82) is 0 Å². The maximum absolute atomic E-state index is 12.7. The number of nitrogens with two attached hydrogens (primary N) is 1. The molecule has 3 heterocycles. The van der Waals surface area contributed by atoms with Gasteiger partial charge in [0.25, 0.3) is 0 Å². The van der Waals surface area contributed by atoms with Crippen LogP contribution < -0.4 is 16.4 Å². The number of imidazole rings is 1. The molecule has 0 radical (unpaired) electrons. The molecule has 1 fully saturated rings. The van der Waals surface area contributed by atoms with Gasteiger partial charge in [0.1, 0.15) is 36.3 Å². The lowest BCUT2D eigenvalue weighted by atomic mass is 9.87. The molecule has 1 aliphatic heterocycles. The van der Waals surface area contributed by atoms with Gasteiger partial charge in [-0.05, 0) is 44.9 Å². The summed E-state index contributed by atoms with van der Waals surface area (Å²) >= 11 is 1.11. The van der Waals surface area contributed by atoms with Gasteiger partial charge in [0.05, 0.1) is 19.5 Å². The van der Waals surface area contributed by atoms with Gasteiger partial charge in [0.15, 0.2) is 22.8 Å². The summed E-state index contributed by atoms with van der Waals surface area (Å²) in [7, 11) is -16.4. The summed E-state index contributed by atoms with van der Waals surface area (Å²) in [4.78, 5) is 88.3. The number of aliphatic hydroxyl groups excluding tert-OH is 2. The van der Waals surface area contributed by atoms with E-state index in [0.717, 1.165) is 61.1 Å². The van der Waals surface area contributed by atoms with E-state index in [1.54, 1.807) is 0 Å². The Hall–Kier alpha value is -3.48. The van der Waals surface area contributed by atoms with Gasteiger partial charge in [-0.3, -0.25) is 32.5 Å². The summed E-state index contributed by atoms with van der Waals surface area (Å²) < 4.78 is 62.4. The molecule has 0 aromatic carbocycles. The number of phosphoric ester groups is 3. The minimum atomic E-state index is -5.58. The lowest BCUT2D eigenvalue weighted by Crippen LogP contribution is -2.46. The fraction of sp³-hybridized carbons (Fsp3) is 0.610. The standard InChI is InChI=1S/C41H66N7O17P3S/c1-4-5-6-7-8-9-10-11-12-13-14-15-16-17-18-19-20-21-32(50)69-25-24-43-31(49)22-23-44-39(53)36(52)41(2,3)27-62-68(59,60)65-67(57,58)61-26-30-35(64-66(54,55)56)34(51)40(63-30)48-29-47-33-37(42)45-28-46-38(33)48/h8-9,11-12,14-15,17-18,28-30,34-36,40,51-52H,4-7,10,13,16,19-27H2,1-3H3,(H,43,49)(H,44,53)(H,57,58)(H,59,60)(H2,42,45,46)(H2,54,55,56)/t30-,34-,35-,36?,40-/m1/s1. The van der Waals surface area contributed by atoms with Gasteiger partial charge in [-0.1, -0.05) is 94.0 Å². The first-order valence-electron chi connectivity index (χ1n) is 22.2. The van der Waals surface area contributed by atoms with Gasteiger partial charge in [0.2, 0.25) is 11.8 Å². The fourth-order valence-corrected chi connectivity index (χ4v) is 9.84. The molecule has 0 spiro atoms. The number of rotatable bonds is 33. The minimum Gasteiger partial charge on any atom is -0.386 e. The molecular formula is C41H66N7O17P3S. The van der Waals surface area contributed by atoms with Gasteiger partial charge in [-0.15, -0.1) is 0 Å². The average Bonchev–Trinajstić information content (AvgIpc) is 3.84. The highest BCUT2D eigenvalue weighted by Gasteiger charge is 2.50. The predicted octanol–water partition coefficient (Wildman–Crippen LogP) is 4.81. The van der Waals surface area contributed by atoms with Crippen LogP contribution in [-0.4, -0.2) is 123 Å². The molecule has 2 aromatic rings. The Morgan fingerprint density at radius 2 is 1.51 bits per heavy atom. The molecule has 28 heteroatoms. The smallest absolute Gasteiger partial charge is 0.386 e. The molecule has 3 rings (SSSR count). The number of aromatic nitrogens is 4. The number of aliphatic hydroxyl groups is 2. The number of ether oxygens (including phenoxy) is 1. The average molecular weight is 1050 g/mol. The molecule has 24 nitrogen and oxygen atoms in total. The van der Waals surface area contributed by atoms with Crippen molar-refractivity contribution in [2.45, 2.75) is 122 Å². The number of phosphoric acid groups is 3. The zero-order chi connectivity index (χ0) is 51.1. The first-order chi connectivity index (χ1) is 32.6. The summed E-state index contributed by atoms with van der Waals surface area (Å²) in [6.45, 7) is 2.71. The first-order valence-corrected chi connectivity index (χ1v) is 27.7. The molecule has 3 unspecified atom stereocenters. The lowest BCUT2D eigenvalue weighted by molar-refractivity contribution is -0.137. The number of nitrogen functional groups attached to an aromatic ring is 1. The number of amides is 2. The number of nitrogens with zero attached hydrogens (tertiary/aromatic N) is 4. The number of hydrogen-bond donors (Lipinski definition) is 9. The van der Waals surface area contributed by atoms with Crippen LogP contribution in [0, 0.1) is 5.41 Å². The zero-order valence-electron chi connectivity index (χ0n) is 38.8. The normalized spacial score (nSPS) is 20.3. The third-order valence-electron chi connectivity index (χ3n) is 9.97. The van der Waals surface area contributed by atoms with Crippen LogP contribution in [0.4, 0.5) is 5.82 Å². The second-order valence-electron chi connectivity index (χ2n) is 16.3. The number of nitrogens with one attached hydrogen (secondary N) is 2. The Labute approximate surface area is 405 Å². The molecule has 7 atom stereocenters. The van der Waals surface area contributed by atoms with Crippen LogP contribution in [0.1, 0.15) is 97.6 Å². The van der Waals surface area contributed by atoms with E-state index in [-0.39, 0.29) is 41.6 Å². The quantitative estimate of drug-likeness (QED) is 0.0263. The second kappa shape index (κ2) is 29.8. The summed E-state index contributed by atoms with van der Waals surface area (Å²) in [5.74, 6) is -1.09. The first kappa shape index (κ1) is 59.8. The van der Waals surface area contributed by atoms with E-state index in [9.17, 15) is 57.9 Å². The summed E-state index contributed by atoms with van der Waals surface area (Å²) in [6.07, 6.45) is 19.7. The van der Waals surface area contributed by atoms with E-state index in [0.29, 0.717) is 18.6 Å². The van der Waals surface area contributed by atoms with Crippen LogP contribution in [-0.2, 0) is 50.7 Å². The van der Waals surface area contributed by atoms with Gasteiger partial charge in [-0.2, -0.15) is 4.31 Å². The molecule has 1 saturated heterocycles. The number of hydrogen-bond acceptors (Lipinski definition) is 18. The highest BCUT2D eigenvalue weighted by molar-refractivity contribution is 8.13. The van der Waals surface area contributed by atoms with Crippen LogP contribution >= 0.6 is 35.2 Å². The van der Waals surface area contributed by atoms with Crippen LogP contribution in [0.15, 0.2) is 61.3 Å². The van der Waals surface area contributed by atoms with Crippen LogP contribution in [0.5, 0.6) is 0 Å². The predicted molar refractivity (Wildman–Crippen MR) is 256 cm³/mol. The van der Waals surface area contributed by atoms with Crippen molar-refractivity contribution in [3.63, 3.8) is 0 Å². The lowest BCUT2D eigenvalue weighted by Gasteiger charge is -2.30. The molecule has 69 heavy (non-hydrogen) atoms. The minimum absolute atomic E-state index is 0.0112. The van der Waals surface area contributed by atoms with E-state index in [1.165, 1.54) is 33.1 Å². The largest absolute Gasteiger partial charge is 0.481 e. The van der Waals surface area contributed by atoms with Crippen molar-refractivity contribution in [1.82, 2.24) is 30.2 Å². The van der Waals surface area contributed by atoms with E-state index in [2.05, 4.69) is 90.0 Å². The zero-order valence-corrected chi connectivity index (χ0v) is 42.3. The number of fused-ring (bicyclic) bond motifs is 1. The second-order valence-corrected chi connectivity index (χ2v) is 21.7. The SMILES string of the molecule is CCCCCC=CCC=CCC=CCC=CCCCC(=O)SCCNC(=O)CCNC(=O)C(O)C(C)(C)COP(=O)(O)OP(=O)(O)OC[C@H]1O[C@@H](n2cnc3c(N)ncnc32)[C@H](O)[C@@H]1OP(=O)(O)O. The Kier molecular flexibility index (Phi) is 25.8. The molecule has 2 aromatic heterocycles. The van der Waals surface area contributed by atoms with Gasteiger partial charge in [-0.25, -0.2) is 28.6 Å². The van der Waals surface area contributed by atoms with E-state index < -0.39 is 84.6 Å². The third-order valence-corrected chi connectivity index (χ3v) is 14.0. The van der Waals surface area contributed by atoms with Gasteiger partial charge >= 0.3 is 23.5 Å². The van der Waals surface area contributed by atoms with Gasteiger partial charge < -0.3 is 50.9 Å². The number of anilines is 1. The highest BCUT2D eigenvalue weighted by Crippen LogP contribution is 2.61. The molecule has 0 aliphatic carbocycles. The molecule has 388 valence electrons. The van der Waals surface area contributed by atoms with Crippen LogP contribution in [0.2, 0.25) is 0 Å². The third kappa shape index (κ3) is 22.6. The maximum atomic E-state index is 12.7. The highest BCUT2D eigenvalue weighted by atomic mass is 32.2. The van der Waals surface area contributed by atoms with Crippen molar-refractivity contribution >= 4 is 69.1 Å². The van der Waals surface area contributed by atoms with Crippen molar-refractivity contribution in [2.75, 3.05) is 37.8 Å². The van der Waals surface area contributed by atoms with Gasteiger partial charge in [0, 0.05) is 37.1 Å². The van der Waals surface area contributed by atoms with E-state index in [4.69, 9.17) is 19.5 Å². The monoisotopic (exact) mass is 1050 g/mol. The number of thioether (sulfide) groups is 1. The summed E-state index contributed by atoms with van der Waals surface area (Å²) in [6, 6.07) is 0. The molecule has 1 aliphatic rings. The number of carbonyl (C=O) groups is 3. The molecule has 2 amide bonds. The maximum Gasteiger partial charge on any atom is 0.481 e. The molecule has 0 saturated carbocycles. The topological polar surface area (TPSA) is 364 Å². The molecule has 0 bridgehead atoms. The van der Waals surface area contributed by atoms with Crippen molar-refractivity contribution in [2.24, 2.45) is 5.41 Å². The van der Waals surface area contributed by atoms with Crippen LogP contribution in [0.25, 0.3) is 11.2 Å². The van der Waals surface area contributed by atoms with Crippen LogP contribution in [0.3, 0.4) is 0 Å². The van der Waals surface area contributed by atoms with Crippen molar-refractivity contribution < 1.29 is 80.5 Å². The molecular weight excluding hydrogens is 987 g/mol. The Morgan fingerprint density at radius 3 is 2.14 bits per heavy atom. The van der Waals surface area contributed by atoms with Crippen molar-refractivity contribution in [3.8, 4) is 0 Å². The summed E-state index contributed by atoms with van der Waals surface area (Å²) in [5.41, 5.74) is 4.27. The summed E-state index contributed by atoms with van der Waals surface area (Å²) in [5, 5.41) is 26.6. The number of allylic oxidation sites excluding steroid dienone is 8. The Bertz CT molecular complexity index is 2220. The molecule has 10 N–H and O–H groups in total. The number of carbonyl (C=O) groups excluding carboxylic acids is 3. The number of unbranched alkanes of at least 4 members (excludes halogenated alkanes) is 4. The van der Waals surface area contributed by atoms with E-state index in [1.807, 2.05) is 0 Å². The van der Waals surface area contributed by atoms with Crippen molar-refractivity contribution in [3.05, 3.63) is 61.3 Å². The Balaban J connectivity index is 1.31. The Morgan fingerprint density at radius 1 is 0.884 bits per heavy atom.